The van der Waals surface area contributed by atoms with E-state index in [-0.39, 0.29) is 0 Å². The highest BCUT2D eigenvalue weighted by molar-refractivity contribution is 7.13. The minimum Gasteiger partial charge on any atom is -0.375 e. The van der Waals surface area contributed by atoms with Gasteiger partial charge >= 0.3 is 0 Å². The van der Waals surface area contributed by atoms with Gasteiger partial charge in [-0.25, -0.2) is 4.98 Å². The Hall–Kier alpha value is -1.30. The third kappa shape index (κ3) is 3.87. The van der Waals surface area contributed by atoms with E-state index in [1.807, 2.05) is 12.1 Å². The predicted octanol–water partition coefficient (Wildman–Crippen LogP) is 2.74. The van der Waals surface area contributed by atoms with Crippen LogP contribution in [0.15, 0.2) is 29.6 Å². The molecular formula is C15H19ClN4S. The lowest BCUT2D eigenvalue weighted by Crippen LogP contribution is -2.47. The van der Waals surface area contributed by atoms with Crippen LogP contribution in [0.3, 0.4) is 0 Å². The molecule has 1 aliphatic rings. The Bertz CT molecular complexity index is 576. The average Bonchev–Trinajstić information content (AvgIpc) is 2.92. The Kier molecular flexibility index (Phi) is 4.63. The first kappa shape index (κ1) is 14.6. The number of hydrogen-bond acceptors (Lipinski definition) is 5. The van der Waals surface area contributed by atoms with Crippen LogP contribution in [0, 0.1) is 0 Å². The van der Waals surface area contributed by atoms with Gasteiger partial charge in [0.25, 0.3) is 0 Å². The maximum Gasteiger partial charge on any atom is 0.180 e. The number of rotatable bonds is 4. The van der Waals surface area contributed by atoms with Crippen molar-refractivity contribution in [2.75, 3.05) is 43.4 Å². The number of nitrogens with zero attached hydrogens (tertiary/aromatic N) is 3. The fraction of sp³-hybridized carbons (Fsp3) is 0.400. The topological polar surface area (TPSA) is 45.4 Å². The van der Waals surface area contributed by atoms with Gasteiger partial charge in [0.05, 0.1) is 5.69 Å². The van der Waals surface area contributed by atoms with E-state index in [0.717, 1.165) is 49.9 Å². The van der Waals surface area contributed by atoms with Crippen molar-refractivity contribution in [3.63, 3.8) is 0 Å². The average molecular weight is 323 g/mol. The Labute approximate surface area is 134 Å². The molecular weight excluding hydrogens is 304 g/mol. The van der Waals surface area contributed by atoms with E-state index in [2.05, 4.69) is 32.3 Å². The smallest absolute Gasteiger partial charge is 0.180 e. The lowest BCUT2D eigenvalue weighted by Gasteiger charge is -2.36. The van der Waals surface area contributed by atoms with Crippen molar-refractivity contribution in [3.8, 4) is 0 Å². The van der Waals surface area contributed by atoms with Gasteiger partial charge in [-0.15, -0.1) is 11.3 Å². The van der Waals surface area contributed by atoms with E-state index in [1.54, 1.807) is 0 Å². The van der Waals surface area contributed by atoms with Crippen molar-refractivity contribution >= 4 is 33.8 Å². The first-order chi connectivity index (χ1) is 10.2. The summed E-state index contributed by atoms with van der Waals surface area (Å²) >= 11 is 7.45. The van der Waals surface area contributed by atoms with E-state index in [1.165, 1.54) is 17.0 Å². The quantitative estimate of drug-likeness (QED) is 0.940. The lowest BCUT2D eigenvalue weighted by molar-refractivity contribution is 0.260. The number of thiazole rings is 1. The SMILES string of the molecule is Nc1nc(CCN2CCN(c3ccc(Cl)cc3)CC2)cs1. The van der Waals surface area contributed by atoms with Gasteiger partial charge in [0, 0.05) is 55.2 Å². The number of nitrogen functional groups attached to an aromatic ring is 1. The van der Waals surface area contributed by atoms with Gasteiger partial charge in [0.2, 0.25) is 0 Å². The molecule has 0 spiro atoms. The zero-order valence-electron chi connectivity index (χ0n) is 11.8. The molecule has 4 nitrogen and oxygen atoms in total. The van der Waals surface area contributed by atoms with E-state index in [4.69, 9.17) is 17.3 Å². The van der Waals surface area contributed by atoms with Crippen molar-refractivity contribution in [1.29, 1.82) is 0 Å². The summed E-state index contributed by atoms with van der Waals surface area (Å²) in [6.07, 6.45) is 0.981. The zero-order chi connectivity index (χ0) is 14.7. The molecule has 0 saturated carbocycles. The normalized spacial score (nSPS) is 16.3. The molecule has 112 valence electrons. The summed E-state index contributed by atoms with van der Waals surface area (Å²) in [4.78, 5) is 9.21. The molecule has 6 heteroatoms. The largest absolute Gasteiger partial charge is 0.375 e. The van der Waals surface area contributed by atoms with Gasteiger partial charge in [0.1, 0.15) is 0 Å². The van der Waals surface area contributed by atoms with Gasteiger partial charge in [-0.2, -0.15) is 0 Å². The minimum absolute atomic E-state index is 0.664. The van der Waals surface area contributed by atoms with E-state index >= 15 is 0 Å². The zero-order valence-corrected chi connectivity index (χ0v) is 13.4. The summed E-state index contributed by atoms with van der Waals surface area (Å²) in [6.45, 7) is 5.34. The highest BCUT2D eigenvalue weighted by Gasteiger charge is 2.17. The number of aromatic nitrogens is 1. The summed E-state index contributed by atoms with van der Waals surface area (Å²) in [5.74, 6) is 0. The standard InChI is InChI=1S/C15H19ClN4S/c16-12-1-3-14(4-2-12)20-9-7-19(8-10-20)6-5-13-11-21-15(17)18-13/h1-4,11H,5-10H2,(H2,17,18). The molecule has 0 amide bonds. The highest BCUT2D eigenvalue weighted by atomic mass is 35.5. The number of nitrogens with two attached hydrogens (primary N) is 1. The Balaban J connectivity index is 1.47. The Morgan fingerprint density at radius 3 is 2.48 bits per heavy atom. The summed E-state index contributed by atoms with van der Waals surface area (Å²) in [5.41, 5.74) is 8.02. The second-order valence-corrected chi connectivity index (χ2v) is 6.56. The second-order valence-electron chi connectivity index (χ2n) is 5.23. The molecule has 0 unspecified atom stereocenters. The van der Waals surface area contributed by atoms with Gasteiger partial charge < -0.3 is 10.6 Å². The van der Waals surface area contributed by atoms with Crippen molar-refractivity contribution in [1.82, 2.24) is 9.88 Å². The molecule has 3 rings (SSSR count). The maximum absolute atomic E-state index is 5.93. The van der Waals surface area contributed by atoms with E-state index < -0.39 is 0 Å². The van der Waals surface area contributed by atoms with Gasteiger partial charge in [-0.3, -0.25) is 4.90 Å². The lowest BCUT2D eigenvalue weighted by atomic mass is 10.2. The Morgan fingerprint density at radius 2 is 1.86 bits per heavy atom. The first-order valence-electron chi connectivity index (χ1n) is 7.13. The number of piperazine rings is 1. The summed E-state index contributed by atoms with van der Waals surface area (Å²) in [6, 6.07) is 8.10. The molecule has 2 heterocycles. The molecule has 1 aromatic carbocycles. The molecule has 0 radical (unpaired) electrons. The first-order valence-corrected chi connectivity index (χ1v) is 8.39. The summed E-state index contributed by atoms with van der Waals surface area (Å²) in [5, 5.41) is 3.51. The highest BCUT2D eigenvalue weighted by Crippen LogP contribution is 2.19. The third-order valence-corrected chi connectivity index (χ3v) is 4.79. The molecule has 0 bridgehead atoms. The van der Waals surface area contributed by atoms with E-state index in [0.29, 0.717) is 5.13 Å². The number of benzene rings is 1. The van der Waals surface area contributed by atoms with Crippen molar-refractivity contribution in [2.45, 2.75) is 6.42 Å². The van der Waals surface area contributed by atoms with Crippen molar-refractivity contribution in [2.24, 2.45) is 0 Å². The van der Waals surface area contributed by atoms with Crippen LogP contribution >= 0.6 is 22.9 Å². The van der Waals surface area contributed by atoms with Crippen LogP contribution in [0.25, 0.3) is 0 Å². The molecule has 1 fully saturated rings. The maximum atomic E-state index is 5.93. The summed E-state index contributed by atoms with van der Waals surface area (Å²) in [7, 11) is 0. The van der Waals surface area contributed by atoms with Crippen LogP contribution in [0.2, 0.25) is 5.02 Å². The molecule has 2 aromatic rings. The fourth-order valence-electron chi connectivity index (χ4n) is 2.59. The van der Waals surface area contributed by atoms with Crippen LogP contribution in [-0.4, -0.2) is 42.6 Å². The molecule has 0 aliphatic carbocycles. The van der Waals surface area contributed by atoms with Crippen LogP contribution in [0.5, 0.6) is 0 Å². The molecule has 21 heavy (non-hydrogen) atoms. The van der Waals surface area contributed by atoms with Gasteiger partial charge in [-0.1, -0.05) is 11.6 Å². The van der Waals surface area contributed by atoms with Crippen LogP contribution in [0.4, 0.5) is 10.8 Å². The Morgan fingerprint density at radius 1 is 1.14 bits per heavy atom. The van der Waals surface area contributed by atoms with Crippen LogP contribution in [-0.2, 0) is 6.42 Å². The third-order valence-electron chi connectivity index (χ3n) is 3.82. The minimum atomic E-state index is 0.664. The van der Waals surface area contributed by atoms with E-state index in [9.17, 15) is 0 Å². The number of halogens is 1. The number of anilines is 2. The number of hydrogen-bond donors (Lipinski definition) is 1. The van der Waals surface area contributed by atoms with Crippen LogP contribution in [0.1, 0.15) is 5.69 Å². The predicted molar refractivity (Wildman–Crippen MR) is 90.3 cm³/mol. The van der Waals surface area contributed by atoms with Crippen LogP contribution < -0.4 is 10.6 Å². The summed E-state index contributed by atoms with van der Waals surface area (Å²) < 4.78 is 0. The molecule has 1 aliphatic heterocycles. The molecule has 1 saturated heterocycles. The molecule has 2 N–H and O–H groups in total. The monoisotopic (exact) mass is 322 g/mol. The van der Waals surface area contributed by atoms with Crippen molar-refractivity contribution < 1.29 is 0 Å². The van der Waals surface area contributed by atoms with Gasteiger partial charge in [0.15, 0.2) is 5.13 Å². The second kappa shape index (κ2) is 6.64. The molecule has 1 aromatic heterocycles. The van der Waals surface area contributed by atoms with Gasteiger partial charge in [-0.05, 0) is 24.3 Å². The van der Waals surface area contributed by atoms with Crippen molar-refractivity contribution in [3.05, 3.63) is 40.4 Å². The molecule has 0 atom stereocenters. The fourth-order valence-corrected chi connectivity index (χ4v) is 3.31.